The monoisotopic (exact) mass is 514 g/mol. The second-order valence-corrected chi connectivity index (χ2v) is 11.1. The first-order valence-electron chi connectivity index (χ1n) is 12.3. The Morgan fingerprint density at radius 2 is 2.00 bits per heavy atom. The van der Waals surface area contributed by atoms with Gasteiger partial charge in [-0.25, -0.2) is 18.2 Å². The van der Waals surface area contributed by atoms with Crippen LogP contribution in [-0.2, 0) is 24.1 Å². The van der Waals surface area contributed by atoms with Gasteiger partial charge in [0.15, 0.2) is 6.61 Å². The third-order valence-electron chi connectivity index (χ3n) is 6.84. The predicted molar refractivity (Wildman–Crippen MR) is 125 cm³/mol. The van der Waals surface area contributed by atoms with Gasteiger partial charge in [-0.2, -0.15) is 0 Å². The van der Waals surface area contributed by atoms with Gasteiger partial charge >= 0.3 is 0 Å². The Balaban J connectivity index is 1.17. The highest BCUT2D eigenvalue weighted by molar-refractivity contribution is 7.13. The molecular formula is C24H33F3N4O3S. The lowest BCUT2D eigenvalue weighted by atomic mass is 9.76. The number of hydrogen-bond acceptors (Lipinski definition) is 8. The van der Waals surface area contributed by atoms with Crippen molar-refractivity contribution >= 4 is 17.1 Å². The summed E-state index contributed by atoms with van der Waals surface area (Å²) in [4.78, 5) is 20.0. The third-order valence-corrected chi connectivity index (χ3v) is 7.91. The molecule has 1 aliphatic heterocycles. The lowest BCUT2D eigenvalue weighted by Gasteiger charge is -2.35. The maximum atomic E-state index is 15.5. The number of nitrogens with zero attached hydrogens (tertiary/aromatic N) is 4. The molecule has 0 N–H and O–H groups in total. The van der Waals surface area contributed by atoms with Gasteiger partial charge in [-0.15, -0.1) is 10.2 Å². The quantitative estimate of drug-likeness (QED) is 0.452. The summed E-state index contributed by atoms with van der Waals surface area (Å²) < 4.78 is 52.0. The molecule has 35 heavy (non-hydrogen) atoms. The van der Waals surface area contributed by atoms with Gasteiger partial charge in [-0.05, 0) is 44.4 Å². The van der Waals surface area contributed by atoms with E-state index >= 15 is 4.39 Å². The number of hydrogen-bond donors (Lipinski definition) is 0. The first-order chi connectivity index (χ1) is 16.6. The largest absolute Gasteiger partial charge is 0.464 e. The van der Waals surface area contributed by atoms with Crippen molar-refractivity contribution in [1.82, 2.24) is 20.1 Å². The average molecular weight is 515 g/mol. The van der Waals surface area contributed by atoms with Gasteiger partial charge in [0.2, 0.25) is 11.8 Å². The van der Waals surface area contributed by atoms with Gasteiger partial charge in [0.25, 0.3) is 11.1 Å². The fourth-order valence-corrected chi connectivity index (χ4v) is 5.78. The molecule has 1 saturated carbocycles. The van der Waals surface area contributed by atoms with Crippen LogP contribution < -0.4 is 4.74 Å². The fraction of sp³-hybridized carbons (Fsp3) is 0.750. The van der Waals surface area contributed by atoms with E-state index in [-0.39, 0.29) is 18.1 Å². The van der Waals surface area contributed by atoms with Crippen LogP contribution in [0.1, 0.15) is 67.8 Å². The van der Waals surface area contributed by atoms with Gasteiger partial charge in [0.05, 0.1) is 12.1 Å². The minimum absolute atomic E-state index is 0.0626. The summed E-state index contributed by atoms with van der Waals surface area (Å²) in [6, 6.07) is 0. The molecule has 0 bridgehead atoms. The fourth-order valence-electron chi connectivity index (χ4n) is 4.84. The molecule has 7 nitrogen and oxygen atoms in total. The number of carbonyl (C=O) groups excluding carboxylic acids is 1. The predicted octanol–water partition coefficient (Wildman–Crippen LogP) is 4.76. The van der Waals surface area contributed by atoms with E-state index in [2.05, 4.69) is 20.1 Å². The molecule has 0 amide bonds. The maximum Gasteiger partial charge on any atom is 0.278 e. The summed E-state index contributed by atoms with van der Waals surface area (Å²) >= 11 is 1.34. The SMILES string of the molecule is Cc1nnc(CC(=O)CC2CCC(F)(CCN3CCc4nc(OCC(C)(F)F)sc4CC3)CC2)o1. The Hall–Kier alpha value is -2.01. The number of carbonyl (C=O) groups is 1. The van der Waals surface area contributed by atoms with Crippen LogP contribution >= 0.6 is 11.3 Å². The molecule has 0 atom stereocenters. The van der Waals surface area contributed by atoms with E-state index in [1.165, 1.54) is 11.3 Å². The number of rotatable bonds is 10. The Labute approximate surface area is 207 Å². The first kappa shape index (κ1) is 26.1. The van der Waals surface area contributed by atoms with E-state index in [4.69, 9.17) is 9.15 Å². The van der Waals surface area contributed by atoms with E-state index in [9.17, 15) is 13.6 Å². The average Bonchev–Trinajstić information content (AvgIpc) is 3.33. The van der Waals surface area contributed by atoms with E-state index in [1.54, 1.807) is 6.92 Å². The lowest BCUT2D eigenvalue weighted by molar-refractivity contribution is -0.120. The molecule has 2 aliphatic rings. The van der Waals surface area contributed by atoms with Crippen LogP contribution in [0.15, 0.2) is 4.42 Å². The molecule has 1 fully saturated rings. The van der Waals surface area contributed by atoms with Crippen LogP contribution in [0.2, 0.25) is 0 Å². The van der Waals surface area contributed by atoms with E-state index in [0.29, 0.717) is 68.5 Å². The molecule has 194 valence electrons. The molecule has 0 saturated heterocycles. The number of aryl methyl sites for hydroxylation is 1. The highest BCUT2D eigenvalue weighted by Crippen LogP contribution is 2.39. The molecule has 2 aromatic rings. The van der Waals surface area contributed by atoms with Crippen LogP contribution in [0.5, 0.6) is 5.19 Å². The number of halogens is 3. The van der Waals surface area contributed by atoms with Gasteiger partial charge < -0.3 is 14.1 Å². The zero-order valence-corrected chi connectivity index (χ0v) is 21.1. The summed E-state index contributed by atoms with van der Waals surface area (Å²) in [6.07, 6.45) is 4.93. The van der Waals surface area contributed by atoms with Crippen LogP contribution in [0.25, 0.3) is 0 Å². The molecule has 0 unspecified atom stereocenters. The van der Waals surface area contributed by atoms with Gasteiger partial charge in [-0.1, -0.05) is 11.3 Å². The van der Waals surface area contributed by atoms with E-state index in [1.807, 2.05) is 0 Å². The summed E-state index contributed by atoms with van der Waals surface area (Å²) in [7, 11) is 0. The first-order valence-corrected chi connectivity index (χ1v) is 13.1. The lowest BCUT2D eigenvalue weighted by Crippen LogP contribution is -2.36. The summed E-state index contributed by atoms with van der Waals surface area (Å²) in [6.45, 7) is 4.08. The summed E-state index contributed by atoms with van der Waals surface area (Å²) in [5, 5.41) is 7.91. The van der Waals surface area contributed by atoms with Crippen molar-refractivity contribution in [1.29, 1.82) is 0 Å². The molecular weight excluding hydrogens is 481 g/mol. The van der Waals surface area contributed by atoms with Crippen molar-refractivity contribution in [3.63, 3.8) is 0 Å². The molecule has 0 spiro atoms. The van der Waals surface area contributed by atoms with Crippen LogP contribution in [0.3, 0.4) is 0 Å². The van der Waals surface area contributed by atoms with Gasteiger partial charge in [0.1, 0.15) is 11.5 Å². The number of Topliss-reactive ketones (excluding diaryl/α,β-unsaturated/α-hetero) is 1. The van der Waals surface area contributed by atoms with Crippen molar-refractivity contribution in [2.45, 2.75) is 83.2 Å². The number of ether oxygens (including phenoxy) is 1. The van der Waals surface area contributed by atoms with Gasteiger partial charge in [0, 0.05) is 51.2 Å². The number of fused-ring (bicyclic) bond motifs is 1. The second kappa shape index (κ2) is 10.9. The number of ketones is 1. The van der Waals surface area contributed by atoms with Crippen LogP contribution in [-0.4, -0.2) is 63.7 Å². The Bertz CT molecular complexity index is 973. The summed E-state index contributed by atoms with van der Waals surface area (Å²) in [5.74, 6) is -1.82. The smallest absolute Gasteiger partial charge is 0.278 e. The highest BCUT2D eigenvalue weighted by atomic mass is 32.1. The van der Waals surface area contributed by atoms with E-state index in [0.717, 1.165) is 37.0 Å². The number of alkyl halides is 3. The Morgan fingerprint density at radius 3 is 2.69 bits per heavy atom. The van der Waals surface area contributed by atoms with Crippen LogP contribution in [0.4, 0.5) is 13.2 Å². The minimum atomic E-state index is -2.88. The van der Waals surface area contributed by atoms with Crippen molar-refractivity contribution in [2.75, 3.05) is 26.2 Å². The Kier molecular flexibility index (Phi) is 8.15. The van der Waals surface area contributed by atoms with Crippen molar-refractivity contribution in [3.8, 4) is 5.19 Å². The third kappa shape index (κ3) is 7.73. The van der Waals surface area contributed by atoms with Crippen molar-refractivity contribution in [2.24, 2.45) is 5.92 Å². The topological polar surface area (TPSA) is 81.4 Å². The summed E-state index contributed by atoms with van der Waals surface area (Å²) in [5.41, 5.74) is -0.284. The zero-order valence-electron chi connectivity index (χ0n) is 20.3. The molecule has 0 aromatic carbocycles. The standard InChI is InChI=1S/C24H33F3N4O3S/c1-16-29-30-21(34-16)14-18(32)13-17-3-7-24(27,8-4-17)9-12-31-10-5-19-20(6-11-31)35-22(28-19)33-15-23(2,25)26/h17H,3-15H2,1-2H3. The maximum absolute atomic E-state index is 15.5. The highest BCUT2D eigenvalue weighted by Gasteiger charge is 2.36. The van der Waals surface area contributed by atoms with Crippen molar-refractivity contribution < 1.29 is 27.1 Å². The molecule has 0 radical (unpaired) electrons. The number of thiazole rings is 1. The Morgan fingerprint density at radius 1 is 1.26 bits per heavy atom. The normalized spacial score (nSPS) is 23.6. The molecule has 4 rings (SSSR count). The second-order valence-electron chi connectivity index (χ2n) is 10.0. The zero-order chi connectivity index (χ0) is 25.1. The van der Waals surface area contributed by atoms with Crippen LogP contribution in [0, 0.1) is 12.8 Å². The molecule has 1 aliphatic carbocycles. The van der Waals surface area contributed by atoms with Crippen molar-refractivity contribution in [3.05, 3.63) is 22.4 Å². The molecule has 11 heteroatoms. The molecule has 3 heterocycles. The number of aromatic nitrogens is 3. The molecule has 2 aromatic heterocycles. The minimum Gasteiger partial charge on any atom is -0.464 e. The van der Waals surface area contributed by atoms with E-state index < -0.39 is 18.2 Å². The van der Waals surface area contributed by atoms with Gasteiger partial charge in [-0.3, -0.25) is 4.79 Å².